The monoisotopic (exact) mass is 716 g/mol. The van der Waals surface area contributed by atoms with Gasteiger partial charge in [0, 0.05) is 84.9 Å². The average molecular weight is 717 g/mol. The Morgan fingerprint density at radius 3 is 1.13 bits per heavy atom. The molecule has 15 heteroatoms. The first-order valence-electron chi connectivity index (χ1n) is 17.8. The maximum Gasteiger partial charge on any atom is 0.500 e. The molecule has 0 aromatic carbocycles. The van der Waals surface area contributed by atoms with Crippen LogP contribution >= 0.6 is 0 Å². The summed E-state index contributed by atoms with van der Waals surface area (Å²) >= 11 is 0. The maximum absolute atomic E-state index is 6.06. The molecule has 0 aliphatic rings. The topological polar surface area (TPSA) is 107 Å². The first-order valence-corrected chi connectivity index (χ1v) is 25.4. The van der Waals surface area contributed by atoms with Crippen LogP contribution in [0.3, 0.4) is 0 Å². The first kappa shape index (κ1) is 45.4. The highest BCUT2D eigenvalue weighted by atomic mass is 28.4. The minimum atomic E-state index is -2.62. The molecule has 272 valence electrons. The predicted molar refractivity (Wildman–Crippen MR) is 193 cm³/mol. The lowest BCUT2D eigenvalue weighted by molar-refractivity contribution is 0.0701. The van der Waals surface area contributed by atoms with Gasteiger partial charge in [-0.1, -0.05) is 38.1 Å². The van der Waals surface area contributed by atoms with E-state index in [0.717, 1.165) is 50.5 Å². The third kappa shape index (κ3) is 20.5. The van der Waals surface area contributed by atoms with E-state index in [1.54, 1.807) is 21.3 Å². The van der Waals surface area contributed by atoms with Crippen LogP contribution in [-0.2, 0) is 39.8 Å². The Balaban J connectivity index is 4.84. The van der Waals surface area contributed by atoms with Gasteiger partial charge in [0.15, 0.2) is 0 Å². The van der Waals surface area contributed by atoms with E-state index >= 15 is 0 Å². The summed E-state index contributed by atoms with van der Waals surface area (Å²) in [5.41, 5.74) is 0. The fraction of sp³-hybridized carbons (Fsp3) is 1.00. The lowest BCUT2D eigenvalue weighted by Crippen LogP contribution is -2.50. The van der Waals surface area contributed by atoms with Gasteiger partial charge in [-0.25, -0.2) is 0 Å². The molecule has 0 unspecified atom stereocenters. The standard InChI is InChI=1S/C30H72N2O9Si4/c1-10-36-44(37-11-2,38-12-3)28-22-24-31-30(32-25-23-29-45(39-13-4,40-14-5)41-15-6)42-26-20-18-16-17-19-21-27-43(33-7,34-8)35-9/h30-32H,10-29,42H2,1-9H3. The molecule has 0 atom stereocenters. The van der Waals surface area contributed by atoms with Gasteiger partial charge >= 0.3 is 26.4 Å². The van der Waals surface area contributed by atoms with Gasteiger partial charge in [-0.3, -0.25) is 0 Å². The highest BCUT2D eigenvalue weighted by molar-refractivity contribution is 6.61. The molecule has 11 nitrogen and oxygen atoms in total. The fourth-order valence-corrected chi connectivity index (χ4v) is 14.5. The Hall–Kier alpha value is 0.428. The zero-order chi connectivity index (χ0) is 33.7. The van der Waals surface area contributed by atoms with Crippen molar-refractivity contribution in [1.29, 1.82) is 0 Å². The molecule has 0 fully saturated rings. The van der Waals surface area contributed by atoms with Gasteiger partial charge in [-0.15, -0.1) is 0 Å². The first-order chi connectivity index (χ1) is 21.8. The van der Waals surface area contributed by atoms with Gasteiger partial charge in [-0.2, -0.15) is 0 Å². The van der Waals surface area contributed by atoms with E-state index in [2.05, 4.69) is 10.6 Å². The fourth-order valence-electron chi connectivity index (χ4n) is 5.57. The van der Waals surface area contributed by atoms with Crippen LogP contribution in [0.1, 0.15) is 92.9 Å². The summed E-state index contributed by atoms with van der Waals surface area (Å²) in [4.78, 5) is 0. The second kappa shape index (κ2) is 29.4. The van der Waals surface area contributed by atoms with E-state index in [1.165, 1.54) is 38.1 Å². The quantitative estimate of drug-likeness (QED) is 0.0518. The van der Waals surface area contributed by atoms with Crippen molar-refractivity contribution in [3.05, 3.63) is 0 Å². The van der Waals surface area contributed by atoms with E-state index < -0.39 is 26.4 Å². The molecule has 0 saturated carbocycles. The van der Waals surface area contributed by atoms with E-state index in [0.29, 0.717) is 45.4 Å². The molecule has 0 spiro atoms. The highest BCUT2D eigenvalue weighted by Crippen LogP contribution is 2.20. The van der Waals surface area contributed by atoms with E-state index in [1.807, 2.05) is 41.5 Å². The molecule has 0 aliphatic heterocycles. The lowest BCUT2D eigenvalue weighted by Gasteiger charge is -2.29. The second-order valence-electron chi connectivity index (χ2n) is 10.9. The highest BCUT2D eigenvalue weighted by Gasteiger charge is 2.40. The van der Waals surface area contributed by atoms with Crippen LogP contribution < -0.4 is 10.6 Å². The number of hydrogen-bond acceptors (Lipinski definition) is 11. The molecule has 0 heterocycles. The molecule has 0 aliphatic carbocycles. The Bertz CT molecular complexity index is 582. The van der Waals surface area contributed by atoms with Crippen LogP contribution in [0.5, 0.6) is 0 Å². The Kier molecular flexibility index (Phi) is 29.6. The number of hydrogen-bond donors (Lipinski definition) is 2. The van der Waals surface area contributed by atoms with Crippen LogP contribution in [0.25, 0.3) is 0 Å². The lowest BCUT2D eigenvalue weighted by atomic mass is 10.1. The summed E-state index contributed by atoms with van der Waals surface area (Å²) in [7, 11) is -2.96. The van der Waals surface area contributed by atoms with Gasteiger partial charge in [0.2, 0.25) is 0 Å². The van der Waals surface area contributed by atoms with Gasteiger partial charge in [0.1, 0.15) is 0 Å². The molecule has 45 heavy (non-hydrogen) atoms. The predicted octanol–water partition coefficient (Wildman–Crippen LogP) is 5.13. The van der Waals surface area contributed by atoms with Crippen LogP contribution in [0.15, 0.2) is 0 Å². The largest absolute Gasteiger partial charge is 0.500 e. The van der Waals surface area contributed by atoms with Crippen LogP contribution in [0, 0.1) is 0 Å². The smallest absolute Gasteiger partial charge is 0.377 e. The zero-order valence-electron chi connectivity index (χ0n) is 30.6. The van der Waals surface area contributed by atoms with Crippen molar-refractivity contribution >= 4 is 35.9 Å². The third-order valence-corrected chi connectivity index (χ3v) is 18.9. The van der Waals surface area contributed by atoms with Crippen molar-refractivity contribution in [3.63, 3.8) is 0 Å². The number of nitrogens with one attached hydrogen (secondary N) is 2. The van der Waals surface area contributed by atoms with Crippen molar-refractivity contribution in [2.45, 2.75) is 123 Å². The summed E-state index contributed by atoms with van der Waals surface area (Å²) < 4.78 is 53.0. The maximum atomic E-state index is 6.06. The molecule has 0 saturated heterocycles. The average Bonchev–Trinajstić information content (AvgIpc) is 3.03. The number of rotatable bonds is 35. The Morgan fingerprint density at radius 2 is 0.778 bits per heavy atom. The molecular formula is C30H72N2O9Si4. The van der Waals surface area contributed by atoms with Crippen LogP contribution in [-0.4, -0.2) is 116 Å². The molecule has 0 bridgehead atoms. The summed E-state index contributed by atoms with van der Waals surface area (Å²) in [6.45, 7) is 17.6. The van der Waals surface area contributed by atoms with Gasteiger partial charge in [0.05, 0.1) is 9.52 Å². The van der Waals surface area contributed by atoms with Crippen molar-refractivity contribution in [2.75, 3.05) is 74.1 Å². The molecule has 0 aromatic rings. The second-order valence-corrected chi connectivity index (χ2v) is 21.6. The SMILES string of the molecule is CCO[Si](CCCNC(NCCC[Si](OCC)(OCC)OCC)[SiH2]CCCCCCCC[Si](OC)(OC)OC)(OCC)OCC. The zero-order valence-corrected chi connectivity index (χ0v) is 35.0. The van der Waals surface area contributed by atoms with Crippen LogP contribution in [0.4, 0.5) is 0 Å². The molecule has 0 rings (SSSR count). The van der Waals surface area contributed by atoms with E-state index in [9.17, 15) is 0 Å². The summed E-state index contributed by atoms with van der Waals surface area (Å²) in [6, 6.07) is 3.87. The van der Waals surface area contributed by atoms with Crippen molar-refractivity contribution in [3.8, 4) is 0 Å². The van der Waals surface area contributed by atoms with Gasteiger partial charge in [-0.05, 0) is 73.9 Å². The van der Waals surface area contributed by atoms with E-state index in [4.69, 9.17) is 39.8 Å². The third-order valence-electron chi connectivity index (χ3n) is 7.70. The minimum Gasteiger partial charge on any atom is -0.377 e. The normalized spacial score (nSPS) is 13.2. The van der Waals surface area contributed by atoms with Crippen molar-refractivity contribution in [1.82, 2.24) is 10.6 Å². The molecule has 0 aromatic heterocycles. The van der Waals surface area contributed by atoms with Gasteiger partial charge in [0.25, 0.3) is 0 Å². The summed E-state index contributed by atoms with van der Waals surface area (Å²) in [5, 5.41) is 7.67. The molecule has 0 radical (unpaired) electrons. The van der Waals surface area contributed by atoms with Crippen molar-refractivity contribution < 1.29 is 39.8 Å². The minimum absolute atomic E-state index is 0.360. The Labute approximate surface area is 282 Å². The molecular weight excluding hydrogens is 645 g/mol. The summed E-state index contributed by atoms with van der Waals surface area (Å²) in [6.07, 6.45) is 9.33. The molecule has 0 amide bonds. The van der Waals surface area contributed by atoms with Crippen LogP contribution in [0.2, 0.25) is 24.2 Å². The van der Waals surface area contributed by atoms with Gasteiger partial charge < -0.3 is 50.5 Å². The Morgan fingerprint density at radius 1 is 0.444 bits per heavy atom. The summed E-state index contributed by atoms with van der Waals surface area (Å²) in [5.74, 6) is 0.380. The number of unbranched alkanes of at least 4 members (excludes halogenated alkanes) is 5. The van der Waals surface area contributed by atoms with Crippen molar-refractivity contribution in [2.24, 2.45) is 0 Å². The van der Waals surface area contributed by atoms with E-state index in [-0.39, 0.29) is 9.52 Å². The molecule has 2 N–H and O–H groups in total.